The quantitative estimate of drug-likeness (QED) is 0.345. The van der Waals surface area contributed by atoms with E-state index >= 15 is 0 Å². The molecule has 1 aromatic rings. The molecule has 0 aliphatic heterocycles. The Kier molecular flexibility index (Phi) is 7.65. The molecule has 0 radical (unpaired) electrons. The summed E-state index contributed by atoms with van der Waals surface area (Å²) in [5.41, 5.74) is 2.10. The lowest BCUT2D eigenvalue weighted by molar-refractivity contribution is 0.264. The van der Waals surface area contributed by atoms with Gasteiger partial charge in [-0.1, -0.05) is 52.2 Å². The molecule has 4 nitrogen and oxygen atoms in total. The van der Waals surface area contributed by atoms with Crippen LogP contribution in [0.25, 0.3) is 0 Å². The van der Waals surface area contributed by atoms with Crippen LogP contribution in [0, 0.1) is 6.92 Å². The van der Waals surface area contributed by atoms with Gasteiger partial charge in [-0.05, 0) is 26.7 Å². The summed E-state index contributed by atoms with van der Waals surface area (Å²) in [4.78, 5) is 0. The number of hydrogen-bond donors (Lipinski definition) is 2. The molecule has 0 saturated carbocycles. The fourth-order valence-electron chi connectivity index (χ4n) is 3.38. The number of rotatable bonds is 9. The van der Waals surface area contributed by atoms with Gasteiger partial charge in [0.2, 0.25) is 11.5 Å². The van der Waals surface area contributed by atoms with E-state index in [1.165, 1.54) is 12.7 Å². The van der Waals surface area contributed by atoms with E-state index in [2.05, 4.69) is 26.8 Å². The van der Waals surface area contributed by atoms with E-state index in [1.54, 1.807) is 6.92 Å². The van der Waals surface area contributed by atoms with E-state index < -0.39 is 5.41 Å². The van der Waals surface area contributed by atoms with E-state index in [1.807, 2.05) is 13.8 Å². The van der Waals surface area contributed by atoms with Gasteiger partial charge in [-0.3, -0.25) is 0 Å². The maximum absolute atomic E-state index is 10.9. The molecule has 4 heteroatoms. The van der Waals surface area contributed by atoms with Gasteiger partial charge in [-0.2, -0.15) is 0 Å². The number of benzene rings is 1. The third-order valence-corrected chi connectivity index (χ3v) is 4.45. The second-order valence-electron chi connectivity index (χ2n) is 7.22. The maximum Gasteiger partial charge on any atom is 0.207 e. The molecular weight excluding hydrogens is 316 g/mol. The van der Waals surface area contributed by atoms with Crippen LogP contribution in [0.1, 0.15) is 71.4 Å². The van der Waals surface area contributed by atoms with Crippen LogP contribution in [0.2, 0.25) is 0 Å². The molecule has 0 fully saturated rings. The molecule has 0 aliphatic rings. The van der Waals surface area contributed by atoms with Gasteiger partial charge in [-0.25, -0.2) is 0 Å². The molecule has 1 aromatic carbocycles. The normalized spacial score (nSPS) is 12.4. The molecule has 0 unspecified atom stereocenters. The molecule has 0 atom stereocenters. The standard InChI is InChI=1S/C21H34O4/c1-8-10-12-25-20-18(23)16(15(4)17(22)19(20)24-7)21(5,6)13-14(3)11-9-2/h13,22-23H,8-12H2,1-7H3/b14-13+. The SMILES string of the molecule is CCCCOc1c(O)c(C(C)(C)/C=C(\C)CCC)c(C)c(O)c1OC. The van der Waals surface area contributed by atoms with Crippen molar-refractivity contribution in [3.8, 4) is 23.0 Å². The van der Waals surface area contributed by atoms with E-state index in [0.717, 1.165) is 25.7 Å². The number of phenols is 2. The summed E-state index contributed by atoms with van der Waals surface area (Å²) in [5, 5.41) is 21.5. The predicted octanol–water partition coefficient (Wildman–Crippen LogP) is 5.62. The number of aromatic hydroxyl groups is 2. The monoisotopic (exact) mass is 350 g/mol. The third-order valence-electron chi connectivity index (χ3n) is 4.45. The Bertz CT molecular complexity index is 615. The van der Waals surface area contributed by atoms with Crippen molar-refractivity contribution in [3.63, 3.8) is 0 Å². The third kappa shape index (κ3) is 4.83. The van der Waals surface area contributed by atoms with Gasteiger partial charge in [0.05, 0.1) is 13.7 Å². The smallest absolute Gasteiger partial charge is 0.207 e. The molecule has 0 aliphatic carbocycles. The number of phenolic OH excluding ortho intramolecular Hbond substituents is 2. The average molecular weight is 350 g/mol. The maximum atomic E-state index is 10.9. The molecule has 0 bridgehead atoms. The summed E-state index contributed by atoms with van der Waals surface area (Å²) in [7, 11) is 1.47. The van der Waals surface area contributed by atoms with Crippen molar-refractivity contribution in [2.75, 3.05) is 13.7 Å². The Morgan fingerprint density at radius 1 is 1.08 bits per heavy atom. The zero-order chi connectivity index (χ0) is 19.2. The molecule has 0 heterocycles. The minimum absolute atomic E-state index is 0.0245. The molecular formula is C21H34O4. The van der Waals surface area contributed by atoms with E-state index in [-0.39, 0.29) is 23.0 Å². The van der Waals surface area contributed by atoms with Crippen LogP contribution in [0.15, 0.2) is 11.6 Å². The van der Waals surface area contributed by atoms with Crippen LogP contribution in [-0.4, -0.2) is 23.9 Å². The number of unbranched alkanes of at least 4 members (excludes halogenated alkanes) is 1. The lowest BCUT2D eigenvalue weighted by Gasteiger charge is -2.28. The lowest BCUT2D eigenvalue weighted by atomic mass is 9.79. The Hall–Kier alpha value is -1.84. The Balaban J connectivity index is 3.52. The van der Waals surface area contributed by atoms with E-state index in [4.69, 9.17) is 9.47 Å². The molecule has 2 N–H and O–H groups in total. The van der Waals surface area contributed by atoms with Crippen molar-refractivity contribution in [2.24, 2.45) is 0 Å². The fraction of sp³-hybridized carbons (Fsp3) is 0.619. The van der Waals surface area contributed by atoms with Crippen molar-refractivity contribution < 1.29 is 19.7 Å². The summed E-state index contributed by atoms with van der Waals surface area (Å²) < 4.78 is 11.1. The van der Waals surface area contributed by atoms with E-state index in [9.17, 15) is 10.2 Å². The summed E-state index contributed by atoms with van der Waals surface area (Å²) in [6.07, 6.45) is 6.08. The first-order valence-corrected chi connectivity index (χ1v) is 9.15. The molecule has 0 spiro atoms. The summed E-state index contributed by atoms with van der Waals surface area (Å²) in [6.45, 7) is 12.7. The highest BCUT2D eigenvalue weighted by Crippen LogP contribution is 2.52. The zero-order valence-electron chi connectivity index (χ0n) is 16.8. The number of hydrogen-bond acceptors (Lipinski definition) is 4. The Labute approximate surface area is 152 Å². The molecule has 0 aromatic heterocycles. The van der Waals surface area contributed by atoms with Crippen LogP contribution < -0.4 is 9.47 Å². The van der Waals surface area contributed by atoms with Gasteiger partial charge < -0.3 is 19.7 Å². The first-order chi connectivity index (χ1) is 11.7. The molecule has 0 amide bonds. The largest absolute Gasteiger partial charge is 0.504 e. The summed E-state index contributed by atoms with van der Waals surface area (Å²) in [5.74, 6) is 0.494. The van der Waals surface area contributed by atoms with Gasteiger partial charge in [0.1, 0.15) is 0 Å². The predicted molar refractivity (Wildman–Crippen MR) is 103 cm³/mol. The lowest BCUT2D eigenvalue weighted by Crippen LogP contribution is -2.17. The molecule has 1 rings (SSSR count). The molecule has 0 saturated heterocycles. The summed E-state index contributed by atoms with van der Waals surface area (Å²) >= 11 is 0. The minimum atomic E-state index is -0.444. The fourth-order valence-corrected chi connectivity index (χ4v) is 3.38. The van der Waals surface area contributed by atoms with Gasteiger partial charge in [0.15, 0.2) is 11.5 Å². The summed E-state index contributed by atoms with van der Waals surface area (Å²) in [6, 6.07) is 0. The highest BCUT2D eigenvalue weighted by molar-refractivity contribution is 5.68. The number of allylic oxidation sites excluding steroid dienone is 2. The van der Waals surface area contributed by atoms with Gasteiger partial charge >= 0.3 is 0 Å². The van der Waals surface area contributed by atoms with E-state index in [0.29, 0.717) is 17.7 Å². The Morgan fingerprint density at radius 3 is 2.24 bits per heavy atom. The second kappa shape index (κ2) is 9.02. The van der Waals surface area contributed by atoms with Crippen molar-refractivity contribution in [1.29, 1.82) is 0 Å². The highest BCUT2D eigenvalue weighted by atomic mass is 16.5. The van der Waals surface area contributed by atoms with Crippen molar-refractivity contribution >= 4 is 0 Å². The average Bonchev–Trinajstić information content (AvgIpc) is 2.52. The number of methoxy groups -OCH3 is 1. The van der Waals surface area contributed by atoms with Crippen LogP contribution in [0.3, 0.4) is 0 Å². The van der Waals surface area contributed by atoms with Gasteiger partial charge in [0.25, 0.3) is 0 Å². The van der Waals surface area contributed by atoms with Crippen molar-refractivity contribution in [1.82, 2.24) is 0 Å². The van der Waals surface area contributed by atoms with Gasteiger partial charge in [-0.15, -0.1) is 0 Å². The topological polar surface area (TPSA) is 58.9 Å². The number of ether oxygens (including phenoxy) is 2. The molecule has 142 valence electrons. The van der Waals surface area contributed by atoms with Crippen LogP contribution in [-0.2, 0) is 5.41 Å². The zero-order valence-corrected chi connectivity index (χ0v) is 16.8. The highest BCUT2D eigenvalue weighted by Gasteiger charge is 2.31. The first kappa shape index (κ1) is 21.2. The van der Waals surface area contributed by atoms with Crippen LogP contribution in [0.4, 0.5) is 0 Å². The molecule has 25 heavy (non-hydrogen) atoms. The second-order valence-corrected chi connectivity index (χ2v) is 7.22. The van der Waals surface area contributed by atoms with Crippen molar-refractivity contribution in [2.45, 2.75) is 72.6 Å². The van der Waals surface area contributed by atoms with Crippen LogP contribution >= 0.6 is 0 Å². The van der Waals surface area contributed by atoms with Crippen molar-refractivity contribution in [3.05, 3.63) is 22.8 Å². The Morgan fingerprint density at radius 2 is 1.72 bits per heavy atom. The first-order valence-electron chi connectivity index (χ1n) is 9.15. The van der Waals surface area contributed by atoms with Crippen LogP contribution in [0.5, 0.6) is 23.0 Å². The minimum Gasteiger partial charge on any atom is -0.504 e. The van der Waals surface area contributed by atoms with Gasteiger partial charge in [0, 0.05) is 16.5 Å².